The van der Waals surface area contributed by atoms with Crippen LogP contribution in [0.2, 0.25) is 0 Å². The molecule has 0 aromatic heterocycles. The van der Waals surface area contributed by atoms with E-state index in [2.05, 4.69) is 17.7 Å². The van der Waals surface area contributed by atoms with Crippen LogP contribution in [0.15, 0.2) is 22.0 Å². The van der Waals surface area contributed by atoms with E-state index in [1.807, 2.05) is 6.92 Å². The predicted octanol–water partition coefficient (Wildman–Crippen LogP) is 2.22. The largest absolute Gasteiger partial charge is 0.340 e. The molecule has 0 saturated carbocycles. The van der Waals surface area contributed by atoms with E-state index < -0.39 is 5.97 Å². The number of allylic oxidation sites excluding steroid dienone is 2. The lowest BCUT2D eigenvalue weighted by Crippen LogP contribution is -2.31. The van der Waals surface area contributed by atoms with Gasteiger partial charge in [-0.25, -0.2) is 0 Å². The lowest BCUT2D eigenvalue weighted by molar-refractivity contribution is -0.297. The highest BCUT2D eigenvalue weighted by atomic mass is 32.2. The standard InChI is InChI=1S/C10H18O3S/c1-5-6-9(3)14-7-8(2)10(11,12)13-4/h6-7,11-12H,5H2,1-4H3. The molecule has 0 spiro atoms. The van der Waals surface area contributed by atoms with Crippen LogP contribution in [0, 0.1) is 0 Å². The van der Waals surface area contributed by atoms with Crippen LogP contribution in [0.5, 0.6) is 0 Å². The van der Waals surface area contributed by atoms with Gasteiger partial charge in [0.2, 0.25) is 0 Å². The van der Waals surface area contributed by atoms with Crippen molar-refractivity contribution in [2.24, 2.45) is 0 Å². The van der Waals surface area contributed by atoms with Crippen molar-refractivity contribution in [2.45, 2.75) is 33.2 Å². The van der Waals surface area contributed by atoms with Crippen molar-refractivity contribution in [3.8, 4) is 0 Å². The summed E-state index contributed by atoms with van der Waals surface area (Å²) < 4.78 is 4.50. The van der Waals surface area contributed by atoms with Crippen LogP contribution in [0.3, 0.4) is 0 Å². The lowest BCUT2D eigenvalue weighted by Gasteiger charge is -2.19. The first kappa shape index (κ1) is 13.7. The number of thioether (sulfide) groups is 1. The van der Waals surface area contributed by atoms with Crippen LogP contribution < -0.4 is 0 Å². The number of methoxy groups -OCH3 is 1. The molecule has 2 N–H and O–H groups in total. The second-order valence-electron chi connectivity index (χ2n) is 2.95. The summed E-state index contributed by atoms with van der Waals surface area (Å²) in [7, 11) is 1.25. The quantitative estimate of drug-likeness (QED) is 0.695. The Kier molecular flexibility index (Phi) is 6.11. The van der Waals surface area contributed by atoms with Crippen molar-refractivity contribution in [1.29, 1.82) is 0 Å². The molecule has 0 fully saturated rings. The van der Waals surface area contributed by atoms with Gasteiger partial charge < -0.3 is 14.9 Å². The van der Waals surface area contributed by atoms with E-state index in [-0.39, 0.29) is 0 Å². The monoisotopic (exact) mass is 218 g/mol. The van der Waals surface area contributed by atoms with E-state index in [1.54, 1.807) is 12.3 Å². The average molecular weight is 218 g/mol. The highest BCUT2D eigenvalue weighted by Crippen LogP contribution is 2.23. The first-order chi connectivity index (χ1) is 6.44. The van der Waals surface area contributed by atoms with E-state index in [9.17, 15) is 10.2 Å². The van der Waals surface area contributed by atoms with E-state index in [0.29, 0.717) is 5.57 Å². The molecule has 0 aromatic carbocycles. The Bertz CT molecular complexity index is 232. The average Bonchev–Trinajstić information content (AvgIpc) is 2.14. The van der Waals surface area contributed by atoms with Gasteiger partial charge in [-0.1, -0.05) is 13.0 Å². The minimum absolute atomic E-state index is 0.369. The Labute approximate surface area is 89.5 Å². The van der Waals surface area contributed by atoms with Gasteiger partial charge in [0.05, 0.1) is 0 Å². The Morgan fingerprint density at radius 2 is 2.00 bits per heavy atom. The first-order valence-corrected chi connectivity index (χ1v) is 5.32. The fourth-order valence-electron chi connectivity index (χ4n) is 0.755. The maximum absolute atomic E-state index is 9.27. The molecule has 4 heteroatoms. The molecule has 0 aliphatic heterocycles. The van der Waals surface area contributed by atoms with E-state index in [1.165, 1.54) is 18.9 Å². The molecule has 3 nitrogen and oxygen atoms in total. The molecule has 0 aromatic rings. The Hall–Kier alpha value is -0.290. The minimum atomic E-state index is -2.15. The van der Waals surface area contributed by atoms with E-state index >= 15 is 0 Å². The molecule has 0 atom stereocenters. The molecule has 0 radical (unpaired) electrons. The summed E-state index contributed by atoms with van der Waals surface area (Å²) in [6.07, 6.45) is 3.04. The molecule has 0 amide bonds. The summed E-state index contributed by atoms with van der Waals surface area (Å²) in [5.41, 5.74) is 0.369. The van der Waals surface area contributed by atoms with Gasteiger partial charge in [0.15, 0.2) is 0 Å². The molecule has 0 rings (SSSR count). The van der Waals surface area contributed by atoms with Gasteiger partial charge in [-0.05, 0) is 30.6 Å². The normalized spacial score (nSPS) is 14.7. The highest BCUT2D eigenvalue weighted by Gasteiger charge is 2.24. The maximum atomic E-state index is 9.27. The van der Waals surface area contributed by atoms with Crippen LogP contribution in [0.4, 0.5) is 0 Å². The molecule has 82 valence electrons. The molecule has 0 saturated heterocycles. The molecular formula is C10H18O3S. The summed E-state index contributed by atoms with van der Waals surface area (Å²) >= 11 is 1.45. The summed E-state index contributed by atoms with van der Waals surface area (Å²) in [5, 5.41) is 20.2. The third-order valence-corrected chi connectivity index (χ3v) is 2.72. The third-order valence-electron chi connectivity index (χ3n) is 1.71. The number of hydrogen-bond donors (Lipinski definition) is 2. The maximum Gasteiger partial charge on any atom is 0.302 e. The highest BCUT2D eigenvalue weighted by molar-refractivity contribution is 8.05. The summed E-state index contributed by atoms with van der Waals surface area (Å²) in [5.74, 6) is -2.15. The second kappa shape index (κ2) is 6.24. The van der Waals surface area contributed by atoms with Crippen molar-refractivity contribution in [2.75, 3.05) is 7.11 Å². The van der Waals surface area contributed by atoms with Gasteiger partial charge >= 0.3 is 5.97 Å². The van der Waals surface area contributed by atoms with Crippen molar-refractivity contribution >= 4 is 11.8 Å². The lowest BCUT2D eigenvalue weighted by atomic mass is 10.3. The van der Waals surface area contributed by atoms with Crippen LogP contribution in [-0.2, 0) is 4.74 Å². The fourth-order valence-corrected chi connectivity index (χ4v) is 1.53. The zero-order valence-electron chi connectivity index (χ0n) is 9.07. The SMILES string of the molecule is CCC=C(C)SC=C(C)C(O)(O)OC. The number of ether oxygens (including phenoxy) is 1. The van der Waals surface area contributed by atoms with E-state index in [0.717, 1.165) is 11.3 Å². The molecule has 0 unspecified atom stereocenters. The van der Waals surface area contributed by atoms with Crippen LogP contribution in [0.1, 0.15) is 27.2 Å². The van der Waals surface area contributed by atoms with Gasteiger partial charge in [-0.15, -0.1) is 11.8 Å². The first-order valence-electron chi connectivity index (χ1n) is 4.44. The smallest absolute Gasteiger partial charge is 0.302 e. The van der Waals surface area contributed by atoms with Gasteiger partial charge in [0.1, 0.15) is 0 Å². The Morgan fingerprint density at radius 3 is 2.43 bits per heavy atom. The zero-order chi connectivity index (χ0) is 11.2. The predicted molar refractivity (Wildman–Crippen MR) is 59.6 cm³/mol. The minimum Gasteiger partial charge on any atom is -0.340 e. The Morgan fingerprint density at radius 1 is 1.43 bits per heavy atom. The summed E-state index contributed by atoms with van der Waals surface area (Å²) in [4.78, 5) is 1.12. The van der Waals surface area contributed by atoms with Gasteiger partial charge in [0.25, 0.3) is 0 Å². The molecule has 0 aliphatic carbocycles. The molecule has 0 bridgehead atoms. The topological polar surface area (TPSA) is 49.7 Å². The van der Waals surface area contributed by atoms with E-state index in [4.69, 9.17) is 0 Å². The van der Waals surface area contributed by atoms with Crippen molar-refractivity contribution in [3.05, 3.63) is 22.0 Å². The molecule has 14 heavy (non-hydrogen) atoms. The number of rotatable bonds is 5. The number of hydrogen-bond acceptors (Lipinski definition) is 4. The summed E-state index contributed by atoms with van der Waals surface area (Å²) in [6.45, 7) is 5.63. The molecule has 0 heterocycles. The van der Waals surface area contributed by atoms with Gasteiger partial charge in [-0.3, -0.25) is 0 Å². The molecular weight excluding hydrogens is 200 g/mol. The van der Waals surface area contributed by atoms with Crippen molar-refractivity contribution in [3.63, 3.8) is 0 Å². The molecule has 0 aliphatic rings. The Balaban J connectivity index is 4.33. The van der Waals surface area contributed by atoms with Crippen LogP contribution in [-0.4, -0.2) is 23.3 Å². The van der Waals surface area contributed by atoms with Gasteiger partial charge in [0, 0.05) is 12.7 Å². The zero-order valence-corrected chi connectivity index (χ0v) is 9.89. The number of aliphatic hydroxyl groups is 2. The van der Waals surface area contributed by atoms with Crippen molar-refractivity contribution < 1.29 is 14.9 Å². The second-order valence-corrected chi connectivity index (χ2v) is 4.07. The van der Waals surface area contributed by atoms with Crippen LogP contribution >= 0.6 is 11.8 Å². The third kappa shape index (κ3) is 4.81. The van der Waals surface area contributed by atoms with Crippen LogP contribution in [0.25, 0.3) is 0 Å². The van der Waals surface area contributed by atoms with Gasteiger partial charge in [-0.2, -0.15) is 0 Å². The van der Waals surface area contributed by atoms with Crippen molar-refractivity contribution in [1.82, 2.24) is 0 Å². The fraction of sp³-hybridized carbons (Fsp3) is 0.600. The summed E-state index contributed by atoms with van der Waals surface area (Å²) in [6, 6.07) is 0.